The van der Waals surface area contributed by atoms with E-state index in [9.17, 15) is 18.0 Å². The molecule has 0 spiro atoms. The van der Waals surface area contributed by atoms with Gasteiger partial charge in [-0.3, -0.25) is 4.79 Å². The first kappa shape index (κ1) is 16.8. The molecule has 22 heavy (non-hydrogen) atoms. The van der Waals surface area contributed by atoms with Gasteiger partial charge < -0.3 is 10.6 Å². The second-order valence-corrected chi connectivity index (χ2v) is 5.68. The first-order valence-corrected chi connectivity index (χ1v) is 7.61. The van der Waals surface area contributed by atoms with Crippen LogP contribution in [0.3, 0.4) is 0 Å². The van der Waals surface area contributed by atoms with E-state index in [1.165, 1.54) is 18.6 Å². The Labute approximate surface area is 128 Å². The summed E-state index contributed by atoms with van der Waals surface area (Å²) in [5.41, 5.74) is -0.112. The van der Waals surface area contributed by atoms with Crippen LogP contribution in [0.15, 0.2) is 24.3 Å². The van der Waals surface area contributed by atoms with E-state index in [4.69, 9.17) is 0 Å². The highest BCUT2D eigenvalue weighted by molar-refractivity contribution is 5.78. The smallest absolute Gasteiger partial charge is 0.354 e. The zero-order chi connectivity index (χ0) is 16.0. The summed E-state index contributed by atoms with van der Waals surface area (Å²) in [7, 11) is 0. The molecule has 1 saturated heterocycles. The van der Waals surface area contributed by atoms with Gasteiger partial charge in [0.1, 0.15) is 0 Å². The second-order valence-electron chi connectivity index (χ2n) is 5.68. The van der Waals surface area contributed by atoms with Gasteiger partial charge in [0.25, 0.3) is 0 Å². The lowest BCUT2D eigenvalue weighted by Gasteiger charge is -2.16. The maximum absolute atomic E-state index is 12.5. The molecule has 1 amide bonds. The summed E-state index contributed by atoms with van der Waals surface area (Å²) in [6, 6.07) is 5.02. The van der Waals surface area contributed by atoms with Crippen LogP contribution in [0.1, 0.15) is 36.8 Å². The molecule has 6 heteroatoms. The highest BCUT2D eigenvalue weighted by atomic mass is 19.4. The fraction of sp³-hybridized carbons (Fsp3) is 0.562. The Kier molecular flexibility index (Phi) is 5.83. The molecule has 122 valence electrons. The molecule has 0 saturated carbocycles. The topological polar surface area (TPSA) is 41.1 Å². The quantitative estimate of drug-likeness (QED) is 0.897. The molecule has 0 aromatic heterocycles. The number of nitrogens with one attached hydrogen (secondary N) is 2. The van der Waals surface area contributed by atoms with Crippen molar-refractivity contribution in [2.24, 2.45) is 0 Å². The van der Waals surface area contributed by atoms with E-state index in [2.05, 4.69) is 10.6 Å². The third-order valence-electron chi connectivity index (χ3n) is 3.85. The highest BCUT2D eigenvalue weighted by Crippen LogP contribution is 2.29. The molecule has 1 aliphatic rings. The van der Waals surface area contributed by atoms with Crippen molar-refractivity contribution in [2.75, 3.05) is 13.1 Å². The molecule has 2 rings (SSSR count). The molecular formula is C16H21F3N2O. The largest absolute Gasteiger partial charge is 0.416 e. The van der Waals surface area contributed by atoms with E-state index in [-0.39, 0.29) is 12.3 Å². The van der Waals surface area contributed by atoms with Crippen molar-refractivity contribution < 1.29 is 18.0 Å². The normalized spacial score (nSPS) is 19.5. The van der Waals surface area contributed by atoms with Gasteiger partial charge in [-0.15, -0.1) is 0 Å². The number of hydrogen-bond donors (Lipinski definition) is 2. The SMILES string of the molecule is O=C(Cc1ccc(C(F)(F)F)cc1)NC[C@H]1CCCCCN1. The van der Waals surface area contributed by atoms with Gasteiger partial charge in [-0.2, -0.15) is 13.2 Å². The number of hydrogen-bond acceptors (Lipinski definition) is 2. The summed E-state index contributed by atoms with van der Waals surface area (Å²) in [5.74, 6) is -0.161. The molecule has 0 unspecified atom stereocenters. The predicted octanol–water partition coefficient (Wildman–Crippen LogP) is 2.90. The Hall–Kier alpha value is -1.56. The van der Waals surface area contributed by atoms with Gasteiger partial charge in [0.2, 0.25) is 5.91 Å². The van der Waals surface area contributed by atoms with Crippen molar-refractivity contribution in [3.63, 3.8) is 0 Å². The van der Waals surface area contributed by atoms with Gasteiger partial charge in [-0.1, -0.05) is 25.0 Å². The van der Waals surface area contributed by atoms with E-state index in [0.717, 1.165) is 37.9 Å². The lowest BCUT2D eigenvalue weighted by atomic mass is 10.1. The van der Waals surface area contributed by atoms with Crippen LogP contribution < -0.4 is 10.6 Å². The average Bonchev–Trinajstić information content (AvgIpc) is 2.73. The Morgan fingerprint density at radius 1 is 1.18 bits per heavy atom. The van der Waals surface area contributed by atoms with Gasteiger partial charge in [0.15, 0.2) is 0 Å². The zero-order valence-corrected chi connectivity index (χ0v) is 12.4. The third kappa shape index (κ3) is 5.33. The van der Waals surface area contributed by atoms with Crippen LogP contribution in [0.4, 0.5) is 13.2 Å². The monoisotopic (exact) mass is 314 g/mol. The molecule has 1 atom stereocenters. The molecular weight excluding hydrogens is 293 g/mol. The number of rotatable bonds is 4. The van der Waals surface area contributed by atoms with E-state index < -0.39 is 11.7 Å². The van der Waals surface area contributed by atoms with E-state index >= 15 is 0 Å². The van der Waals surface area contributed by atoms with Crippen LogP contribution in [0.2, 0.25) is 0 Å². The third-order valence-corrected chi connectivity index (χ3v) is 3.85. The van der Waals surface area contributed by atoms with Crippen LogP contribution in [-0.2, 0) is 17.4 Å². The Morgan fingerprint density at radius 2 is 1.91 bits per heavy atom. The summed E-state index contributed by atoms with van der Waals surface area (Å²) in [4.78, 5) is 11.9. The minimum absolute atomic E-state index is 0.102. The highest BCUT2D eigenvalue weighted by Gasteiger charge is 2.29. The number of amides is 1. The standard InChI is InChI=1S/C16H21F3N2O/c17-16(18,19)13-7-5-12(6-8-13)10-15(22)21-11-14-4-2-1-3-9-20-14/h5-8,14,20H,1-4,9-11H2,(H,21,22)/t14-/m1/s1. The lowest BCUT2D eigenvalue weighted by molar-refractivity contribution is -0.137. The number of halogens is 3. The number of benzene rings is 1. The predicted molar refractivity (Wildman–Crippen MR) is 78.4 cm³/mol. The molecule has 1 heterocycles. The van der Waals surface area contributed by atoms with Crippen LogP contribution in [0.5, 0.6) is 0 Å². The summed E-state index contributed by atoms with van der Waals surface area (Å²) < 4.78 is 37.4. The maximum atomic E-state index is 12.5. The fourth-order valence-corrected chi connectivity index (χ4v) is 2.57. The minimum Gasteiger partial charge on any atom is -0.354 e. The van der Waals surface area contributed by atoms with Gasteiger partial charge >= 0.3 is 6.18 Å². The van der Waals surface area contributed by atoms with Crippen molar-refractivity contribution >= 4 is 5.91 Å². The molecule has 1 aromatic carbocycles. The second kappa shape index (κ2) is 7.63. The molecule has 1 aliphatic heterocycles. The van der Waals surface area contributed by atoms with E-state index in [0.29, 0.717) is 18.2 Å². The Morgan fingerprint density at radius 3 is 2.59 bits per heavy atom. The molecule has 1 aromatic rings. The number of carbonyl (C=O) groups excluding carboxylic acids is 1. The van der Waals surface area contributed by atoms with Gasteiger partial charge in [-0.05, 0) is 37.1 Å². The lowest BCUT2D eigenvalue weighted by Crippen LogP contribution is -2.40. The van der Waals surface area contributed by atoms with Crippen molar-refractivity contribution in [1.82, 2.24) is 10.6 Å². The van der Waals surface area contributed by atoms with E-state index in [1.807, 2.05) is 0 Å². The van der Waals surface area contributed by atoms with Crippen LogP contribution >= 0.6 is 0 Å². The first-order chi connectivity index (χ1) is 10.4. The van der Waals surface area contributed by atoms with Gasteiger partial charge in [0, 0.05) is 12.6 Å². The van der Waals surface area contributed by atoms with Crippen molar-refractivity contribution in [1.29, 1.82) is 0 Å². The summed E-state index contributed by atoms with van der Waals surface area (Å²) in [6.07, 6.45) is 0.336. The molecule has 0 radical (unpaired) electrons. The first-order valence-electron chi connectivity index (χ1n) is 7.61. The molecule has 3 nitrogen and oxygen atoms in total. The minimum atomic E-state index is -4.34. The van der Waals surface area contributed by atoms with Gasteiger partial charge in [-0.25, -0.2) is 0 Å². The van der Waals surface area contributed by atoms with E-state index in [1.54, 1.807) is 0 Å². The van der Waals surface area contributed by atoms with Crippen molar-refractivity contribution in [3.05, 3.63) is 35.4 Å². The van der Waals surface area contributed by atoms with Gasteiger partial charge in [0.05, 0.1) is 12.0 Å². The molecule has 0 aliphatic carbocycles. The van der Waals surface area contributed by atoms with Crippen LogP contribution in [-0.4, -0.2) is 25.0 Å². The molecule has 1 fully saturated rings. The fourth-order valence-electron chi connectivity index (χ4n) is 2.57. The van der Waals surface area contributed by atoms with Crippen molar-refractivity contribution in [3.8, 4) is 0 Å². The summed E-state index contributed by atoms with van der Waals surface area (Å²) in [5, 5.41) is 6.23. The zero-order valence-electron chi connectivity index (χ0n) is 12.4. The Balaban J connectivity index is 1.79. The molecule has 0 bridgehead atoms. The Bertz CT molecular complexity index is 477. The summed E-state index contributed by atoms with van der Waals surface area (Å²) >= 11 is 0. The number of carbonyl (C=O) groups is 1. The summed E-state index contributed by atoms with van der Waals surface area (Å²) in [6.45, 7) is 1.54. The van der Waals surface area contributed by atoms with Crippen LogP contribution in [0.25, 0.3) is 0 Å². The van der Waals surface area contributed by atoms with Crippen LogP contribution in [0, 0.1) is 0 Å². The number of alkyl halides is 3. The van der Waals surface area contributed by atoms with Crippen molar-refractivity contribution in [2.45, 2.75) is 44.3 Å². The maximum Gasteiger partial charge on any atom is 0.416 e. The average molecular weight is 314 g/mol. The molecule has 2 N–H and O–H groups in total.